The molecule has 0 radical (unpaired) electrons. The van der Waals surface area contributed by atoms with Crippen molar-refractivity contribution in [1.82, 2.24) is 9.59 Å². The minimum absolute atomic E-state index is 0.0251. The Morgan fingerprint density at radius 3 is 2.96 bits per heavy atom. The lowest BCUT2D eigenvalue weighted by Gasteiger charge is -2.27. The molecule has 2 aromatic rings. The molecule has 148 valence electrons. The van der Waals surface area contributed by atoms with Crippen molar-refractivity contribution in [1.29, 1.82) is 0 Å². The van der Waals surface area contributed by atoms with E-state index in [-0.39, 0.29) is 18.4 Å². The number of hydrogen-bond acceptors (Lipinski definition) is 6. The Balaban J connectivity index is 1.88. The van der Waals surface area contributed by atoms with Crippen LogP contribution in [0.4, 0.5) is 11.4 Å². The first-order valence-corrected chi connectivity index (χ1v) is 9.97. The second-order valence-electron chi connectivity index (χ2n) is 7.31. The number of nitrogens with one attached hydrogen (secondary N) is 1. The molecule has 7 nitrogen and oxygen atoms in total. The number of ether oxygens (including phenoxy) is 1. The Morgan fingerprint density at radius 2 is 2.25 bits per heavy atom. The third-order valence-corrected chi connectivity index (χ3v) is 5.25. The van der Waals surface area contributed by atoms with Crippen molar-refractivity contribution >= 4 is 34.7 Å². The van der Waals surface area contributed by atoms with E-state index in [2.05, 4.69) is 21.5 Å². The van der Waals surface area contributed by atoms with E-state index in [1.165, 1.54) is 0 Å². The number of anilines is 2. The summed E-state index contributed by atoms with van der Waals surface area (Å²) < 4.78 is 9.81. The molecule has 0 aliphatic carbocycles. The maximum Gasteiger partial charge on any atom is 0.269 e. The summed E-state index contributed by atoms with van der Waals surface area (Å²) in [5, 5.41) is 6.92. The molecule has 1 aromatic carbocycles. The number of benzene rings is 1. The smallest absolute Gasteiger partial charge is 0.269 e. The number of aryl methyl sites for hydroxylation is 1. The quantitative estimate of drug-likeness (QED) is 0.748. The lowest BCUT2D eigenvalue weighted by molar-refractivity contribution is -0.127. The van der Waals surface area contributed by atoms with Crippen LogP contribution in [0.3, 0.4) is 0 Å². The van der Waals surface area contributed by atoms with E-state index in [9.17, 15) is 9.59 Å². The van der Waals surface area contributed by atoms with Crippen LogP contribution in [0.5, 0.6) is 5.75 Å². The average Bonchev–Trinajstić information content (AvgIpc) is 3.10. The summed E-state index contributed by atoms with van der Waals surface area (Å²) in [6.07, 6.45) is 3.28. The highest BCUT2D eigenvalue weighted by Crippen LogP contribution is 2.38. The number of rotatable bonds is 6. The van der Waals surface area contributed by atoms with Crippen molar-refractivity contribution in [2.75, 3.05) is 23.4 Å². The molecule has 0 saturated carbocycles. The molecule has 0 bridgehead atoms. The molecule has 28 heavy (non-hydrogen) atoms. The summed E-state index contributed by atoms with van der Waals surface area (Å²) in [5.74, 6) is 0.282. The summed E-state index contributed by atoms with van der Waals surface area (Å²) in [6, 6.07) is 5.29. The predicted octanol–water partition coefficient (Wildman–Crippen LogP) is 3.68. The molecule has 0 spiro atoms. The van der Waals surface area contributed by atoms with Crippen molar-refractivity contribution in [3.8, 4) is 5.75 Å². The van der Waals surface area contributed by atoms with Gasteiger partial charge in [0.15, 0.2) is 0 Å². The van der Waals surface area contributed by atoms with Crippen LogP contribution < -0.4 is 15.0 Å². The Labute approximate surface area is 168 Å². The van der Waals surface area contributed by atoms with Crippen LogP contribution in [0.1, 0.15) is 42.6 Å². The molecule has 0 saturated heterocycles. The van der Waals surface area contributed by atoms with Gasteiger partial charge in [-0.1, -0.05) is 23.9 Å². The Kier molecular flexibility index (Phi) is 5.79. The minimum Gasteiger partial charge on any atom is -0.490 e. The number of nitrogens with zero attached hydrogens (tertiary/aromatic N) is 3. The van der Waals surface area contributed by atoms with Gasteiger partial charge in [0.05, 0.1) is 16.8 Å². The third-order valence-electron chi connectivity index (χ3n) is 4.48. The van der Waals surface area contributed by atoms with E-state index in [0.717, 1.165) is 18.0 Å². The molecule has 3 rings (SSSR count). The minimum atomic E-state index is -0.658. The molecule has 1 aromatic heterocycles. The molecule has 8 heteroatoms. The van der Waals surface area contributed by atoms with Crippen molar-refractivity contribution in [2.24, 2.45) is 5.41 Å². The van der Waals surface area contributed by atoms with Gasteiger partial charge < -0.3 is 15.0 Å². The van der Waals surface area contributed by atoms with E-state index in [1.807, 2.05) is 20.8 Å². The Hall–Kier alpha value is -2.74. The fourth-order valence-electron chi connectivity index (χ4n) is 3.00. The number of carbonyl (C=O) groups excluding carboxylic acids is 2. The zero-order valence-electron chi connectivity index (χ0n) is 16.3. The fourth-order valence-corrected chi connectivity index (χ4v) is 3.61. The molecular weight excluding hydrogens is 376 g/mol. The number of aromatic nitrogens is 2. The normalized spacial score (nSPS) is 15.4. The maximum absolute atomic E-state index is 12.9. The molecule has 2 heterocycles. The van der Waals surface area contributed by atoms with Crippen molar-refractivity contribution < 1.29 is 14.3 Å². The van der Waals surface area contributed by atoms with Gasteiger partial charge in [0, 0.05) is 18.3 Å². The van der Waals surface area contributed by atoms with Crippen LogP contribution in [0.15, 0.2) is 30.9 Å². The Bertz CT molecular complexity index is 907. The zero-order valence-corrected chi connectivity index (χ0v) is 17.1. The molecular formula is C20H24N4O3S. The van der Waals surface area contributed by atoms with Crippen LogP contribution in [-0.2, 0) is 11.2 Å². The Morgan fingerprint density at radius 1 is 1.46 bits per heavy atom. The van der Waals surface area contributed by atoms with Crippen LogP contribution in [0.25, 0.3) is 0 Å². The van der Waals surface area contributed by atoms with Gasteiger partial charge >= 0.3 is 0 Å². The molecule has 2 amide bonds. The molecule has 1 aliphatic heterocycles. The van der Waals surface area contributed by atoms with Crippen molar-refractivity contribution in [3.05, 3.63) is 41.4 Å². The highest BCUT2D eigenvalue weighted by Gasteiger charge is 2.37. The van der Waals surface area contributed by atoms with E-state index >= 15 is 0 Å². The SMILES string of the molecule is C=CCN1C(=O)C(C)(C)COc2cc(NC(=O)c3snnc3CCC)ccc21. The number of amides is 2. The number of hydrogen-bond donors (Lipinski definition) is 1. The topological polar surface area (TPSA) is 84.4 Å². The molecule has 0 fully saturated rings. The second-order valence-corrected chi connectivity index (χ2v) is 8.07. The highest BCUT2D eigenvalue weighted by molar-refractivity contribution is 7.08. The molecule has 1 N–H and O–H groups in total. The van der Waals surface area contributed by atoms with Gasteiger partial charge in [-0.3, -0.25) is 9.59 Å². The summed E-state index contributed by atoms with van der Waals surface area (Å²) >= 11 is 1.09. The van der Waals surface area contributed by atoms with Crippen molar-refractivity contribution in [3.63, 3.8) is 0 Å². The van der Waals surface area contributed by atoms with Gasteiger partial charge in [0.25, 0.3) is 5.91 Å². The predicted molar refractivity (Wildman–Crippen MR) is 110 cm³/mol. The summed E-state index contributed by atoms with van der Waals surface area (Å²) in [7, 11) is 0. The summed E-state index contributed by atoms with van der Waals surface area (Å²) in [4.78, 5) is 27.7. The van der Waals surface area contributed by atoms with Crippen LogP contribution in [0, 0.1) is 5.41 Å². The van der Waals surface area contributed by atoms with Gasteiger partial charge in [-0.15, -0.1) is 11.7 Å². The van der Waals surface area contributed by atoms with Crippen LogP contribution >= 0.6 is 11.5 Å². The fraction of sp³-hybridized carbons (Fsp3) is 0.400. The third kappa shape index (κ3) is 3.91. The molecule has 0 unspecified atom stereocenters. The van der Waals surface area contributed by atoms with Crippen LogP contribution in [-0.4, -0.2) is 34.6 Å². The first kappa shape index (κ1) is 20.0. The van der Waals surface area contributed by atoms with E-state index in [0.29, 0.717) is 40.7 Å². The monoisotopic (exact) mass is 400 g/mol. The summed E-state index contributed by atoms with van der Waals surface area (Å²) in [5.41, 5.74) is 1.31. The van der Waals surface area contributed by atoms with Crippen molar-refractivity contribution in [2.45, 2.75) is 33.6 Å². The average molecular weight is 401 g/mol. The lowest BCUT2D eigenvalue weighted by Crippen LogP contribution is -2.42. The zero-order chi connectivity index (χ0) is 20.3. The van der Waals surface area contributed by atoms with Crippen LogP contribution in [0.2, 0.25) is 0 Å². The molecule has 0 atom stereocenters. The lowest BCUT2D eigenvalue weighted by atomic mass is 9.93. The largest absolute Gasteiger partial charge is 0.490 e. The number of fused-ring (bicyclic) bond motifs is 1. The van der Waals surface area contributed by atoms with E-state index in [1.54, 1.807) is 29.2 Å². The first-order valence-electron chi connectivity index (χ1n) is 9.19. The standard InChI is InChI=1S/C20H24N4O3S/c1-5-7-14-17(28-23-22-14)18(25)21-13-8-9-15-16(11-13)27-12-20(3,4)19(26)24(15)10-6-2/h6,8-9,11H,2,5,7,10,12H2,1,3-4H3,(H,21,25). The highest BCUT2D eigenvalue weighted by atomic mass is 32.1. The van der Waals surface area contributed by atoms with E-state index < -0.39 is 5.41 Å². The van der Waals surface area contributed by atoms with Gasteiger partial charge in [-0.05, 0) is 43.9 Å². The van der Waals surface area contributed by atoms with Gasteiger partial charge in [-0.2, -0.15) is 0 Å². The summed E-state index contributed by atoms with van der Waals surface area (Å²) in [6.45, 7) is 10.1. The molecule has 1 aliphatic rings. The van der Waals surface area contributed by atoms with Gasteiger partial charge in [0.1, 0.15) is 17.2 Å². The maximum atomic E-state index is 12.9. The number of carbonyl (C=O) groups is 2. The van der Waals surface area contributed by atoms with E-state index in [4.69, 9.17) is 4.74 Å². The first-order chi connectivity index (χ1) is 13.4. The second kappa shape index (κ2) is 8.10. The van der Waals surface area contributed by atoms with Gasteiger partial charge in [-0.25, -0.2) is 0 Å². The van der Waals surface area contributed by atoms with Gasteiger partial charge in [0.2, 0.25) is 5.91 Å².